The number of nitrogens with one attached hydrogen (secondary N) is 1. The lowest BCUT2D eigenvalue weighted by Crippen LogP contribution is -2.49. The number of benzene rings is 1. The Bertz CT molecular complexity index is 513. The molecule has 0 bridgehead atoms. The Balaban J connectivity index is 1.78. The van der Waals surface area contributed by atoms with E-state index in [4.69, 9.17) is 0 Å². The summed E-state index contributed by atoms with van der Waals surface area (Å²) in [5.41, 5.74) is 3.86. The normalized spacial score (nSPS) is 21.8. The van der Waals surface area contributed by atoms with Crippen LogP contribution in [0.3, 0.4) is 0 Å². The van der Waals surface area contributed by atoms with Crippen molar-refractivity contribution >= 4 is 5.69 Å². The molecule has 3 rings (SSSR count). The van der Waals surface area contributed by atoms with Crippen LogP contribution in [-0.2, 0) is 6.42 Å². The number of aliphatic hydroxyl groups excluding tert-OH is 1. The largest absolute Gasteiger partial charge is 0.387 e. The van der Waals surface area contributed by atoms with E-state index < -0.39 is 6.10 Å². The number of piperazine rings is 1. The van der Waals surface area contributed by atoms with Crippen LogP contribution in [0.5, 0.6) is 0 Å². The zero-order valence-corrected chi connectivity index (χ0v) is 14.6. The van der Waals surface area contributed by atoms with E-state index in [1.807, 2.05) is 0 Å². The zero-order valence-electron chi connectivity index (χ0n) is 14.6. The molecule has 4 heteroatoms. The van der Waals surface area contributed by atoms with Crippen LogP contribution in [0.4, 0.5) is 5.69 Å². The highest BCUT2D eigenvalue weighted by Crippen LogP contribution is 2.32. The number of aryl methyl sites for hydroxylation is 1. The van der Waals surface area contributed by atoms with Gasteiger partial charge in [-0.05, 0) is 43.4 Å². The summed E-state index contributed by atoms with van der Waals surface area (Å²) in [4.78, 5) is 4.88. The minimum atomic E-state index is -0.413. The van der Waals surface area contributed by atoms with Crippen molar-refractivity contribution < 1.29 is 5.11 Å². The number of aliphatic hydroxyl groups is 1. The average molecular weight is 317 g/mol. The Morgan fingerprint density at radius 1 is 1.22 bits per heavy atom. The maximum absolute atomic E-state index is 10.9. The standard InChI is InChI=1S/C19H31N3O/c1-3-10-22-11-4-5-16-6-7-17(14-18(16)22)19(23)15(2)21-12-8-20-9-13-21/h6-7,14-15,19-20,23H,3-5,8-13H2,1-2H3. The van der Waals surface area contributed by atoms with Crippen LogP contribution in [0.1, 0.15) is 43.9 Å². The van der Waals surface area contributed by atoms with Gasteiger partial charge in [0.1, 0.15) is 0 Å². The molecule has 1 aromatic rings. The number of fused-ring (bicyclic) bond motifs is 1. The monoisotopic (exact) mass is 317 g/mol. The molecule has 2 atom stereocenters. The summed E-state index contributed by atoms with van der Waals surface area (Å²) in [5, 5.41) is 14.3. The molecule has 2 N–H and O–H groups in total. The molecule has 0 spiro atoms. The van der Waals surface area contributed by atoms with Crippen molar-refractivity contribution in [2.45, 2.75) is 45.3 Å². The molecule has 0 aromatic heterocycles. The van der Waals surface area contributed by atoms with Crippen molar-refractivity contribution in [2.24, 2.45) is 0 Å². The van der Waals surface area contributed by atoms with Crippen LogP contribution in [0.2, 0.25) is 0 Å². The first-order valence-electron chi connectivity index (χ1n) is 9.21. The smallest absolute Gasteiger partial charge is 0.0943 e. The zero-order chi connectivity index (χ0) is 16.2. The molecule has 2 heterocycles. The molecule has 0 radical (unpaired) electrons. The van der Waals surface area contributed by atoms with Gasteiger partial charge in [0, 0.05) is 51.0 Å². The predicted molar refractivity (Wildman–Crippen MR) is 96.1 cm³/mol. The number of hydrogen-bond acceptors (Lipinski definition) is 4. The van der Waals surface area contributed by atoms with Crippen LogP contribution in [0.15, 0.2) is 18.2 Å². The molecule has 0 amide bonds. The van der Waals surface area contributed by atoms with Crippen LogP contribution >= 0.6 is 0 Å². The average Bonchev–Trinajstić information content (AvgIpc) is 2.61. The molecule has 1 aromatic carbocycles. The van der Waals surface area contributed by atoms with Gasteiger partial charge in [-0.25, -0.2) is 0 Å². The van der Waals surface area contributed by atoms with Gasteiger partial charge >= 0.3 is 0 Å². The lowest BCUT2D eigenvalue weighted by molar-refractivity contribution is 0.0510. The van der Waals surface area contributed by atoms with Crippen LogP contribution in [0.25, 0.3) is 0 Å². The summed E-state index contributed by atoms with van der Waals surface area (Å²) in [6, 6.07) is 6.78. The Hall–Kier alpha value is -1.10. The molecule has 23 heavy (non-hydrogen) atoms. The molecule has 128 valence electrons. The second-order valence-corrected chi connectivity index (χ2v) is 6.95. The quantitative estimate of drug-likeness (QED) is 0.873. The molecule has 0 saturated carbocycles. The van der Waals surface area contributed by atoms with Gasteiger partial charge in [0.05, 0.1) is 6.10 Å². The van der Waals surface area contributed by atoms with Crippen molar-refractivity contribution in [3.8, 4) is 0 Å². The van der Waals surface area contributed by atoms with Gasteiger partial charge in [-0.2, -0.15) is 0 Å². The highest BCUT2D eigenvalue weighted by Gasteiger charge is 2.26. The maximum atomic E-state index is 10.9. The Morgan fingerprint density at radius 3 is 2.74 bits per heavy atom. The first-order valence-corrected chi connectivity index (χ1v) is 9.21. The van der Waals surface area contributed by atoms with Gasteiger partial charge in [0.15, 0.2) is 0 Å². The molecule has 4 nitrogen and oxygen atoms in total. The van der Waals surface area contributed by atoms with Gasteiger partial charge < -0.3 is 15.3 Å². The molecular formula is C19H31N3O. The minimum Gasteiger partial charge on any atom is -0.387 e. The van der Waals surface area contributed by atoms with Crippen LogP contribution < -0.4 is 10.2 Å². The molecule has 0 aliphatic carbocycles. The molecule has 2 unspecified atom stereocenters. The minimum absolute atomic E-state index is 0.165. The van der Waals surface area contributed by atoms with E-state index in [-0.39, 0.29) is 6.04 Å². The summed E-state index contributed by atoms with van der Waals surface area (Å²) >= 11 is 0. The molecule has 1 fully saturated rings. The second-order valence-electron chi connectivity index (χ2n) is 6.95. The van der Waals surface area contributed by atoms with E-state index >= 15 is 0 Å². The SMILES string of the molecule is CCCN1CCCc2ccc(C(O)C(C)N3CCNCC3)cc21. The van der Waals surface area contributed by atoms with E-state index in [0.29, 0.717) is 0 Å². The van der Waals surface area contributed by atoms with E-state index in [9.17, 15) is 5.11 Å². The molecule has 1 saturated heterocycles. The van der Waals surface area contributed by atoms with Crippen molar-refractivity contribution in [1.29, 1.82) is 0 Å². The Morgan fingerprint density at radius 2 is 2.00 bits per heavy atom. The van der Waals surface area contributed by atoms with Gasteiger partial charge in [-0.15, -0.1) is 0 Å². The third-order valence-electron chi connectivity index (χ3n) is 5.34. The summed E-state index contributed by atoms with van der Waals surface area (Å²) in [6.45, 7) is 10.7. The third-order valence-corrected chi connectivity index (χ3v) is 5.34. The number of rotatable bonds is 5. The molecule has 2 aliphatic rings. The van der Waals surface area contributed by atoms with Crippen molar-refractivity contribution in [3.05, 3.63) is 29.3 Å². The fraction of sp³-hybridized carbons (Fsp3) is 0.684. The number of nitrogens with zero attached hydrogens (tertiary/aromatic N) is 2. The highest BCUT2D eigenvalue weighted by atomic mass is 16.3. The number of anilines is 1. The van der Waals surface area contributed by atoms with Crippen molar-refractivity contribution in [2.75, 3.05) is 44.2 Å². The van der Waals surface area contributed by atoms with Crippen LogP contribution in [0, 0.1) is 0 Å². The summed E-state index contributed by atoms with van der Waals surface area (Å²) in [6.07, 6.45) is 3.16. The van der Waals surface area contributed by atoms with E-state index in [1.54, 1.807) is 0 Å². The van der Waals surface area contributed by atoms with Crippen molar-refractivity contribution in [3.63, 3.8) is 0 Å². The van der Waals surface area contributed by atoms with Gasteiger partial charge in [-0.1, -0.05) is 19.1 Å². The van der Waals surface area contributed by atoms with Gasteiger partial charge in [0.25, 0.3) is 0 Å². The summed E-state index contributed by atoms with van der Waals surface area (Å²) in [5.74, 6) is 0. The summed E-state index contributed by atoms with van der Waals surface area (Å²) < 4.78 is 0. The highest BCUT2D eigenvalue weighted by molar-refractivity contribution is 5.57. The fourth-order valence-corrected chi connectivity index (χ4v) is 3.92. The second kappa shape index (κ2) is 7.65. The first-order chi connectivity index (χ1) is 11.2. The molecule has 2 aliphatic heterocycles. The van der Waals surface area contributed by atoms with Crippen LogP contribution in [-0.4, -0.2) is 55.3 Å². The lowest BCUT2D eigenvalue weighted by atomic mass is 9.95. The lowest BCUT2D eigenvalue weighted by Gasteiger charge is -2.36. The fourth-order valence-electron chi connectivity index (χ4n) is 3.92. The van der Waals surface area contributed by atoms with E-state index in [1.165, 1.54) is 30.5 Å². The Kier molecular flexibility index (Phi) is 5.57. The maximum Gasteiger partial charge on any atom is 0.0943 e. The summed E-state index contributed by atoms with van der Waals surface area (Å²) in [7, 11) is 0. The van der Waals surface area contributed by atoms with Crippen molar-refractivity contribution in [1.82, 2.24) is 10.2 Å². The molecular weight excluding hydrogens is 286 g/mol. The topological polar surface area (TPSA) is 38.7 Å². The first kappa shape index (κ1) is 16.7. The van der Waals surface area contributed by atoms with Gasteiger partial charge in [0.2, 0.25) is 0 Å². The predicted octanol–water partition coefficient (Wildman–Crippen LogP) is 2.18. The Labute approximate surface area is 140 Å². The van der Waals surface area contributed by atoms with Gasteiger partial charge in [-0.3, -0.25) is 4.90 Å². The van der Waals surface area contributed by atoms with E-state index in [0.717, 1.165) is 44.8 Å². The number of hydrogen-bond donors (Lipinski definition) is 2. The third kappa shape index (κ3) is 3.70. The van der Waals surface area contributed by atoms with E-state index in [2.05, 4.69) is 47.2 Å².